The Bertz CT molecular complexity index is 966. The minimum atomic E-state index is -0.503. The molecule has 2 aliphatic rings. The van der Waals surface area contributed by atoms with Crippen LogP contribution in [0.15, 0.2) is 60.7 Å². The van der Waals surface area contributed by atoms with Crippen LogP contribution in [-0.4, -0.2) is 64.5 Å². The summed E-state index contributed by atoms with van der Waals surface area (Å²) in [5, 5.41) is 0. The lowest BCUT2D eigenvalue weighted by molar-refractivity contribution is -0.139. The van der Waals surface area contributed by atoms with E-state index < -0.39 is 5.60 Å². The Labute approximate surface area is 209 Å². The Morgan fingerprint density at radius 1 is 0.886 bits per heavy atom. The van der Waals surface area contributed by atoms with E-state index in [2.05, 4.69) is 46.2 Å². The van der Waals surface area contributed by atoms with Crippen molar-refractivity contribution in [2.24, 2.45) is 5.92 Å². The van der Waals surface area contributed by atoms with Gasteiger partial charge in [0.15, 0.2) is 0 Å². The van der Waals surface area contributed by atoms with Gasteiger partial charge in [0, 0.05) is 38.8 Å². The monoisotopic (exact) mass is 477 g/mol. The molecule has 0 aromatic heterocycles. The Balaban J connectivity index is 1.40. The van der Waals surface area contributed by atoms with Crippen LogP contribution in [0.25, 0.3) is 0 Å². The third-order valence-corrected chi connectivity index (χ3v) is 6.91. The SMILES string of the molecule is CC(C)(C)OC(=O)N1CCC(N(Cc2ccccc2)C(=O)C2CCN(Cc3ccccc3)C2)CC1. The first-order valence-electron chi connectivity index (χ1n) is 12.9. The van der Waals surface area contributed by atoms with E-state index in [0.717, 1.165) is 44.5 Å². The third-order valence-electron chi connectivity index (χ3n) is 6.91. The fourth-order valence-electron chi connectivity index (χ4n) is 5.11. The molecular formula is C29H39N3O3. The molecule has 0 aliphatic carbocycles. The number of carbonyl (C=O) groups excluding carboxylic acids is 2. The maximum absolute atomic E-state index is 13.8. The summed E-state index contributed by atoms with van der Waals surface area (Å²) >= 11 is 0. The van der Waals surface area contributed by atoms with Crippen LogP contribution in [-0.2, 0) is 22.6 Å². The number of amides is 2. The fraction of sp³-hybridized carbons (Fsp3) is 0.517. The van der Waals surface area contributed by atoms with Crippen LogP contribution in [0.5, 0.6) is 0 Å². The average Bonchev–Trinajstić information content (AvgIpc) is 3.31. The van der Waals surface area contributed by atoms with E-state index in [9.17, 15) is 9.59 Å². The fourth-order valence-corrected chi connectivity index (χ4v) is 5.11. The highest BCUT2D eigenvalue weighted by atomic mass is 16.6. The van der Waals surface area contributed by atoms with Crippen molar-refractivity contribution in [3.05, 3.63) is 71.8 Å². The molecule has 0 N–H and O–H groups in total. The predicted octanol–water partition coefficient (Wildman–Crippen LogP) is 4.94. The number of hydrogen-bond acceptors (Lipinski definition) is 4. The Morgan fingerprint density at radius 3 is 2.09 bits per heavy atom. The van der Waals surface area contributed by atoms with Gasteiger partial charge in [-0.2, -0.15) is 0 Å². The number of benzene rings is 2. The van der Waals surface area contributed by atoms with E-state index in [1.54, 1.807) is 4.90 Å². The van der Waals surface area contributed by atoms with Gasteiger partial charge in [-0.3, -0.25) is 9.69 Å². The molecule has 0 radical (unpaired) electrons. The predicted molar refractivity (Wildman–Crippen MR) is 138 cm³/mol. The summed E-state index contributed by atoms with van der Waals surface area (Å²) in [6.07, 6.45) is 2.19. The van der Waals surface area contributed by atoms with Crippen molar-refractivity contribution >= 4 is 12.0 Å². The molecule has 1 unspecified atom stereocenters. The first kappa shape index (κ1) is 25.2. The molecule has 0 bridgehead atoms. The maximum atomic E-state index is 13.8. The normalized spacial score (nSPS) is 19.5. The molecule has 2 fully saturated rings. The summed E-state index contributed by atoms with van der Waals surface area (Å²) in [5.41, 5.74) is 1.93. The largest absolute Gasteiger partial charge is 0.444 e. The van der Waals surface area contributed by atoms with Crippen molar-refractivity contribution in [2.45, 2.75) is 64.8 Å². The first-order valence-corrected chi connectivity index (χ1v) is 12.9. The quantitative estimate of drug-likeness (QED) is 0.592. The van der Waals surface area contributed by atoms with E-state index in [0.29, 0.717) is 19.6 Å². The minimum Gasteiger partial charge on any atom is -0.444 e. The molecule has 6 heteroatoms. The van der Waals surface area contributed by atoms with Crippen LogP contribution in [0.2, 0.25) is 0 Å². The lowest BCUT2D eigenvalue weighted by Crippen LogP contribution is -2.50. The molecular weight excluding hydrogens is 438 g/mol. The number of likely N-dealkylation sites (tertiary alicyclic amines) is 2. The van der Waals surface area contributed by atoms with Gasteiger partial charge in [0.05, 0.1) is 5.92 Å². The molecule has 2 aromatic carbocycles. The summed E-state index contributed by atoms with van der Waals surface area (Å²) in [7, 11) is 0. The van der Waals surface area contributed by atoms with Gasteiger partial charge in [0.25, 0.3) is 0 Å². The van der Waals surface area contributed by atoms with E-state index in [1.165, 1.54) is 5.56 Å². The zero-order chi connectivity index (χ0) is 24.8. The Kier molecular flexibility index (Phi) is 8.11. The van der Waals surface area contributed by atoms with Gasteiger partial charge in [-0.25, -0.2) is 4.79 Å². The van der Waals surface area contributed by atoms with Gasteiger partial charge in [-0.05, 0) is 57.7 Å². The zero-order valence-corrected chi connectivity index (χ0v) is 21.4. The standard InChI is InChI=1S/C29H39N3O3/c1-29(2,3)35-28(34)31-18-15-26(16-19-31)32(21-24-12-8-5-9-13-24)27(33)25-14-17-30(22-25)20-23-10-6-4-7-11-23/h4-13,25-26H,14-22H2,1-3H3. The number of nitrogens with zero attached hydrogens (tertiary/aromatic N) is 3. The molecule has 2 aliphatic heterocycles. The van der Waals surface area contributed by atoms with Crippen LogP contribution < -0.4 is 0 Å². The molecule has 6 nitrogen and oxygen atoms in total. The van der Waals surface area contributed by atoms with E-state index >= 15 is 0 Å². The molecule has 0 saturated carbocycles. The lowest BCUT2D eigenvalue weighted by atomic mass is 9.99. The highest BCUT2D eigenvalue weighted by molar-refractivity contribution is 5.80. The van der Waals surface area contributed by atoms with Crippen molar-refractivity contribution in [3.63, 3.8) is 0 Å². The number of carbonyl (C=O) groups is 2. The number of hydrogen-bond donors (Lipinski definition) is 0. The van der Waals surface area contributed by atoms with Crippen LogP contribution >= 0.6 is 0 Å². The topological polar surface area (TPSA) is 53.1 Å². The van der Waals surface area contributed by atoms with Gasteiger partial charge in [-0.1, -0.05) is 60.7 Å². The van der Waals surface area contributed by atoms with E-state index in [4.69, 9.17) is 4.74 Å². The average molecular weight is 478 g/mol. The second-order valence-electron chi connectivity index (χ2n) is 10.9. The molecule has 35 heavy (non-hydrogen) atoms. The van der Waals surface area contributed by atoms with Crippen LogP contribution in [0, 0.1) is 5.92 Å². The molecule has 2 heterocycles. The molecule has 2 aromatic rings. The summed E-state index contributed by atoms with van der Waals surface area (Å²) in [4.78, 5) is 32.6. The Hall–Kier alpha value is -2.86. The molecule has 4 rings (SSSR count). The summed E-state index contributed by atoms with van der Waals surface area (Å²) in [5.74, 6) is 0.270. The maximum Gasteiger partial charge on any atom is 0.410 e. The zero-order valence-electron chi connectivity index (χ0n) is 21.4. The van der Waals surface area contributed by atoms with Crippen LogP contribution in [0.4, 0.5) is 4.79 Å². The molecule has 0 spiro atoms. The number of rotatable bonds is 6. The van der Waals surface area contributed by atoms with Crippen molar-refractivity contribution in [3.8, 4) is 0 Å². The van der Waals surface area contributed by atoms with Gasteiger partial charge in [0.2, 0.25) is 5.91 Å². The van der Waals surface area contributed by atoms with Crippen LogP contribution in [0.3, 0.4) is 0 Å². The lowest BCUT2D eigenvalue weighted by Gasteiger charge is -2.40. The number of ether oxygens (including phenoxy) is 1. The van der Waals surface area contributed by atoms with Crippen molar-refractivity contribution in [1.82, 2.24) is 14.7 Å². The Morgan fingerprint density at radius 2 is 1.49 bits per heavy atom. The van der Waals surface area contributed by atoms with Gasteiger partial charge in [0.1, 0.15) is 5.60 Å². The van der Waals surface area contributed by atoms with Crippen molar-refractivity contribution in [1.29, 1.82) is 0 Å². The summed E-state index contributed by atoms with van der Waals surface area (Å²) < 4.78 is 5.56. The van der Waals surface area contributed by atoms with Gasteiger partial charge >= 0.3 is 6.09 Å². The molecule has 188 valence electrons. The first-order chi connectivity index (χ1) is 16.8. The third kappa shape index (κ3) is 7.07. The smallest absolute Gasteiger partial charge is 0.410 e. The van der Waals surface area contributed by atoms with Gasteiger partial charge in [-0.15, -0.1) is 0 Å². The summed E-state index contributed by atoms with van der Waals surface area (Å²) in [6.45, 7) is 10.1. The highest BCUT2D eigenvalue weighted by Crippen LogP contribution is 2.27. The molecule has 2 amide bonds. The van der Waals surface area contributed by atoms with Gasteiger partial charge < -0.3 is 14.5 Å². The second kappa shape index (κ2) is 11.3. The molecule has 2 saturated heterocycles. The van der Waals surface area contributed by atoms with E-state index in [-0.39, 0.29) is 24.0 Å². The van der Waals surface area contributed by atoms with E-state index in [1.807, 2.05) is 45.0 Å². The van der Waals surface area contributed by atoms with Crippen molar-refractivity contribution < 1.29 is 14.3 Å². The number of piperidine rings is 1. The van der Waals surface area contributed by atoms with Crippen molar-refractivity contribution in [2.75, 3.05) is 26.2 Å². The summed E-state index contributed by atoms with van der Waals surface area (Å²) in [6, 6.07) is 20.8. The highest BCUT2D eigenvalue weighted by Gasteiger charge is 2.36. The van der Waals surface area contributed by atoms with Crippen LogP contribution in [0.1, 0.15) is 51.2 Å². The minimum absolute atomic E-state index is 0.0197. The molecule has 1 atom stereocenters. The second-order valence-corrected chi connectivity index (χ2v) is 10.9.